The summed E-state index contributed by atoms with van der Waals surface area (Å²) in [7, 11) is 0. The third-order valence-electron chi connectivity index (χ3n) is 0.570. The molecule has 2 N–H and O–H groups in total. The Hall–Kier alpha value is -0.830. The molecule has 0 radical (unpaired) electrons. The minimum Gasteiger partial charge on any atom is -0.382 e. The van der Waals surface area contributed by atoms with Gasteiger partial charge in [0, 0.05) is 0 Å². The maximum Gasteiger partial charge on any atom is 0.144 e. The van der Waals surface area contributed by atoms with E-state index in [4.69, 9.17) is 17.3 Å². The van der Waals surface area contributed by atoms with Gasteiger partial charge in [-0.05, 0) is 13.0 Å². The van der Waals surface area contributed by atoms with E-state index in [9.17, 15) is 0 Å². The first-order valence-electron chi connectivity index (χ1n) is 2.34. The fourth-order valence-corrected chi connectivity index (χ4v) is 0.208. The van der Waals surface area contributed by atoms with Gasteiger partial charge in [0.25, 0.3) is 0 Å². The molecule has 0 amide bonds. The molecule has 0 spiro atoms. The molecule has 0 aromatic heterocycles. The number of allylic oxidation sites excluding steroid dienone is 1. The lowest BCUT2D eigenvalue weighted by atomic mass is 10.6. The molecule has 0 aliphatic heterocycles. The van der Waals surface area contributed by atoms with Crippen LogP contribution in [0.5, 0.6) is 0 Å². The Bertz CT molecular complexity index is 160. The first-order chi connectivity index (χ1) is 4.16. The molecule has 0 bridgehead atoms. The van der Waals surface area contributed by atoms with Crippen LogP contribution in [0, 0.1) is 0 Å². The van der Waals surface area contributed by atoms with Gasteiger partial charge in [-0.3, -0.25) is 0 Å². The lowest BCUT2D eigenvalue weighted by Gasteiger charge is -1.84. The Balaban J connectivity index is 3.86. The molecule has 9 heavy (non-hydrogen) atoms. The summed E-state index contributed by atoms with van der Waals surface area (Å²) in [6.45, 7) is 5.04. The monoisotopic (exact) mass is 145 g/mol. The molecule has 4 heteroatoms. The summed E-state index contributed by atoms with van der Waals surface area (Å²) < 4.78 is 0. The van der Waals surface area contributed by atoms with Gasteiger partial charge in [-0.2, -0.15) is 0 Å². The highest BCUT2D eigenvalue weighted by Gasteiger charge is 1.80. The van der Waals surface area contributed by atoms with Crippen LogP contribution in [0.1, 0.15) is 6.92 Å². The van der Waals surface area contributed by atoms with E-state index in [1.807, 2.05) is 0 Å². The molecule has 0 fully saturated rings. The molecular weight excluding hydrogens is 138 g/mol. The standard InChI is InChI=1S/C5H8ClN3/c1-3-5(7)9-8-4(2)6/h3H,2,7H2,1H3/b5-3-,9-8-. The molecule has 0 saturated carbocycles. The lowest BCUT2D eigenvalue weighted by Crippen LogP contribution is -1.89. The van der Waals surface area contributed by atoms with Gasteiger partial charge < -0.3 is 5.73 Å². The second kappa shape index (κ2) is 4.09. The van der Waals surface area contributed by atoms with Crippen LogP contribution in [0.25, 0.3) is 0 Å². The van der Waals surface area contributed by atoms with Gasteiger partial charge in [0.1, 0.15) is 11.0 Å². The summed E-state index contributed by atoms with van der Waals surface area (Å²) in [5, 5.41) is 7.00. The Morgan fingerprint density at radius 1 is 1.67 bits per heavy atom. The predicted octanol–water partition coefficient (Wildman–Crippen LogP) is 1.97. The Labute approximate surface area is 58.9 Å². The fraction of sp³-hybridized carbons (Fsp3) is 0.200. The van der Waals surface area contributed by atoms with Crippen molar-refractivity contribution in [2.45, 2.75) is 6.92 Å². The molecule has 0 unspecified atom stereocenters. The van der Waals surface area contributed by atoms with Crippen molar-refractivity contribution in [3.63, 3.8) is 0 Å². The van der Waals surface area contributed by atoms with E-state index in [1.165, 1.54) is 0 Å². The second-order valence-electron chi connectivity index (χ2n) is 1.29. The fourth-order valence-electron chi connectivity index (χ4n) is 0.170. The van der Waals surface area contributed by atoms with Crippen LogP contribution in [0.3, 0.4) is 0 Å². The van der Waals surface area contributed by atoms with E-state index < -0.39 is 0 Å². The molecular formula is C5H8ClN3. The zero-order valence-electron chi connectivity index (χ0n) is 5.13. The number of nitrogens with zero attached hydrogens (tertiary/aromatic N) is 2. The van der Waals surface area contributed by atoms with Gasteiger partial charge in [-0.1, -0.05) is 18.2 Å². The van der Waals surface area contributed by atoms with Crippen molar-refractivity contribution in [2.24, 2.45) is 16.0 Å². The highest BCUT2D eigenvalue weighted by Crippen LogP contribution is 1.99. The van der Waals surface area contributed by atoms with E-state index >= 15 is 0 Å². The highest BCUT2D eigenvalue weighted by molar-refractivity contribution is 6.28. The van der Waals surface area contributed by atoms with Crippen molar-refractivity contribution >= 4 is 11.6 Å². The Morgan fingerprint density at radius 3 is 2.56 bits per heavy atom. The maximum atomic E-state index is 5.24. The molecule has 0 aromatic carbocycles. The lowest BCUT2D eigenvalue weighted by molar-refractivity contribution is 1.08. The molecule has 0 aromatic rings. The molecule has 0 aliphatic carbocycles. The molecule has 3 nitrogen and oxygen atoms in total. The van der Waals surface area contributed by atoms with Crippen molar-refractivity contribution < 1.29 is 0 Å². The topological polar surface area (TPSA) is 50.7 Å². The number of halogens is 1. The van der Waals surface area contributed by atoms with Gasteiger partial charge in [-0.15, -0.1) is 10.2 Å². The van der Waals surface area contributed by atoms with Gasteiger partial charge in [-0.25, -0.2) is 0 Å². The minimum atomic E-state index is 0.125. The first-order valence-corrected chi connectivity index (χ1v) is 2.72. The van der Waals surface area contributed by atoms with Crippen LogP contribution in [-0.2, 0) is 0 Å². The van der Waals surface area contributed by atoms with Crippen LogP contribution < -0.4 is 5.73 Å². The molecule has 0 saturated heterocycles. The van der Waals surface area contributed by atoms with Gasteiger partial charge in [0.2, 0.25) is 0 Å². The largest absolute Gasteiger partial charge is 0.382 e. The number of rotatable bonds is 2. The number of azo groups is 1. The van der Waals surface area contributed by atoms with E-state index in [-0.39, 0.29) is 5.16 Å². The van der Waals surface area contributed by atoms with Crippen molar-refractivity contribution in [1.29, 1.82) is 0 Å². The van der Waals surface area contributed by atoms with Crippen LogP contribution in [-0.4, -0.2) is 0 Å². The quantitative estimate of drug-likeness (QED) is 0.469. The SMILES string of the molecule is C=C(Cl)/N=N\C(N)=C/C. The summed E-state index contributed by atoms with van der Waals surface area (Å²) in [4.78, 5) is 0. The zero-order chi connectivity index (χ0) is 7.28. The van der Waals surface area contributed by atoms with E-state index in [1.54, 1.807) is 13.0 Å². The van der Waals surface area contributed by atoms with E-state index in [0.29, 0.717) is 5.82 Å². The van der Waals surface area contributed by atoms with Gasteiger partial charge >= 0.3 is 0 Å². The number of nitrogens with two attached hydrogens (primary N) is 1. The van der Waals surface area contributed by atoms with E-state index in [0.717, 1.165) is 0 Å². The van der Waals surface area contributed by atoms with Crippen molar-refractivity contribution in [1.82, 2.24) is 0 Å². The summed E-state index contributed by atoms with van der Waals surface area (Å²) >= 11 is 5.24. The highest BCUT2D eigenvalue weighted by atomic mass is 35.5. The summed E-state index contributed by atoms with van der Waals surface area (Å²) in [5.74, 6) is 0.330. The summed E-state index contributed by atoms with van der Waals surface area (Å²) in [5.41, 5.74) is 5.22. The molecule has 0 heterocycles. The van der Waals surface area contributed by atoms with Crippen LogP contribution in [0.2, 0.25) is 0 Å². The molecule has 0 rings (SSSR count). The smallest absolute Gasteiger partial charge is 0.144 e. The number of hydrogen-bond donors (Lipinski definition) is 1. The minimum absolute atomic E-state index is 0.125. The summed E-state index contributed by atoms with van der Waals surface area (Å²) in [6.07, 6.45) is 1.61. The van der Waals surface area contributed by atoms with E-state index in [2.05, 4.69) is 16.8 Å². The molecule has 50 valence electrons. The zero-order valence-corrected chi connectivity index (χ0v) is 5.89. The average molecular weight is 146 g/mol. The average Bonchev–Trinajstić information content (AvgIpc) is 1.83. The number of hydrogen-bond acceptors (Lipinski definition) is 3. The molecule has 0 atom stereocenters. The van der Waals surface area contributed by atoms with Crippen LogP contribution in [0.15, 0.2) is 33.9 Å². The first kappa shape index (κ1) is 8.17. The van der Waals surface area contributed by atoms with Crippen molar-refractivity contribution in [2.75, 3.05) is 0 Å². The Kier molecular flexibility index (Phi) is 3.71. The van der Waals surface area contributed by atoms with Gasteiger partial charge in [0.05, 0.1) is 0 Å². The second-order valence-corrected chi connectivity index (χ2v) is 1.73. The maximum absolute atomic E-state index is 5.24. The van der Waals surface area contributed by atoms with Crippen molar-refractivity contribution in [3.05, 3.63) is 23.6 Å². The van der Waals surface area contributed by atoms with Crippen molar-refractivity contribution in [3.8, 4) is 0 Å². The van der Waals surface area contributed by atoms with Gasteiger partial charge in [0.15, 0.2) is 0 Å². The Morgan fingerprint density at radius 2 is 2.22 bits per heavy atom. The van der Waals surface area contributed by atoms with Crippen LogP contribution in [0.4, 0.5) is 0 Å². The third kappa shape index (κ3) is 5.03. The third-order valence-corrected chi connectivity index (χ3v) is 0.645. The molecule has 0 aliphatic rings. The normalized spacial score (nSPS) is 12.4. The predicted molar refractivity (Wildman–Crippen MR) is 37.8 cm³/mol. The summed E-state index contributed by atoms with van der Waals surface area (Å²) in [6, 6.07) is 0. The van der Waals surface area contributed by atoms with Crippen LogP contribution >= 0.6 is 11.6 Å².